The second kappa shape index (κ2) is 14.2. The number of aliphatic carboxylic acids is 1. The first-order valence-electron chi connectivity index (χ1n) is 16.6. The molecule has 1 unspecified atom stereocenters. The van der Waals surface area contributed by atoms with Crippen molar-refractivity contribution in [3.8, 4) is 5.75 Å². The molecule has 270 valence electrons. The molecule has 1 fully saturated rings. The van der Waals surface area contributed by atoms with Gasteiger partial charge in [0.2, 0.25) is 21.9 Å². The minimum Gasteiger partial charge on any atom is -0.487 e. The first-order chi connectivity index (χ1) is 23.4. The molecule has 5 N–H and O–H groups in total. The van der Waals surface area contributed by atoms with Crippen molar-refractivity contribution in [2.24, 2.45) is 16.0 Å². The van der Waals surface area contributed by atoms with E-state index in [-0.39, 0.29) is 61.1 Å². The number of carboxylic acids is 1. The lowest BCUT2D eigenvalue weighted by atomic mass is 9.94. The Morgan fingerprint density at radius 2 is 1.68 bits per heavy atom. The maximum atomic E-state index is 13.7. The third-order valence-electron chi connectivity index (χ3n) is 9.53. The van der Waals surface area contributed by atoms with Crippen LogP contribution in [0.15, 0.2) is 56.7 Å². The average molecular weight is 728 g/mol. The molecule has 3 aromatic rings. The number of carbonyl (C=O) groups is 2. The van der Waals surface area contributed by atoms with Crippen molar-refractivity contribution < 1.29 is 36.3 Å². The predicted molar refractivity (Wildman–Crippen MR) is 190 cm³/mol. The number of ether oxygens (including phenoxy) is 1. The summed E-state index contributed by atoms with van der Waals surface area (Å²) < 4.78 is 66.7. The van der Waals surface area contributed by atoms with E-state index in [9.17, 15) is 31.5 Å². The molecule has 0 spiro atoms. The van der Waals surface area contributed by atoms with Crippen LogP contribution in [0.2, 0.25) is 0 Å². The van der Waals surface area contributed by atoms with Gasteiger partial charge in [0.1, 0.15) is 17.4 Å². The Morgan fingerprint density at radius 3 is 2.34 bits per heavy atom. The Kier molecular flexibility index (Phi) is 10.5. The number of nitrogens with zero attached hydrogens (tertiary/aromatic N) is 2. The third kappa shape index (κ3) is 7.89. The van der Waals surface area contributed by atoms with Gasteiger partial charge in [-0.2, -0.15) is 13.1 Å². The molecular weight excluding hydrogens is 683 g/mol. The number of benzene rings is 3. The van der Waals surface area contributed by atoms with Gasteiger partial charge in [0.15, 0.2) is 0 Å². The maximum absolute atomic E-state index is 13.7. The second-order valence-electron chi connectivity index (χ2n) is 13.7. The van der Waals surface area contributed by atoms with Crippen LogP contribution in [-0.2, 0) is 36.1 Å². The molecule has 5 rings (SSSR count). The number of guanidine groups is 1. The van der Waals surface area contributed by atoms with Crippen molar-refractivity contribution in [1.82, 2.24) is 14.9 Å². The van der Waals surface area contributed by atoms with E-state index in [0.29, 0.717) is 23.3 Å². The molecule has 0 aliphatic carbocycles. The van der Waals surface area contributed by atoms with E-state index in [4.69, 9.17) is 10.5 Å². The van der Waals surface area contributed by atoms with Crippen LogP contribution in [0.4, 0.5) is 0 Å². The van der Waals surface area contributed by atoms with Gasteiger partial charge in [-0.25, -0.2) is 8.42 Å². The van der Waals surface area contributed by atoms with Crippen molar-refractivity contribution in [1.29, 1.82) is 0 Å². The molecule has 1 atom stereocenters. The van der Waals surface area contributed by atoms with Crippen LogP contribution in [0.25, 0.3) is 10.8 Å². The lowest BCUT2D eigenvalue weighted by Gasteiger charge is -2.33. The topological polar surface area (TPSA) is 198 Å². The fourth-order valence-corrected chi connectivity index (χ4v) is 9.48. The van der Waals surface area contributed by atoms with E-state index in [1.165, 1.54) is 17.0 Å². The number of carboxylic acid groups (broad SMARTS) is 1. The summed E-state index contributed by atoms with van der Waals surface area (Å²) in [6.07, 6.45) is 1.36. The van der Waals surface area contributed by atoms with Crippen LogP contribution in [-0.4, -0.2) is 76.0 Å². The highest BCUT2D eigenvalue weighted by Crippen LogP contribution is 2.44. The number of sulfonamides is 2. The zero-order valence-corrected chi connectivity index (χ0v) is 30.6. The molecule has 3 aromatic carbocycles. The Labute approximate surface area is 293 Å². The van der Waals surface area contributed by atoms with E-state index in [0.717, 1.165) is 21.9 Å². The highest BCUT2D eigenvalue weighted by molar-refractivity contribution is 7.90. The Bertz CT molecular complexity index is 2070. The summed E-state index contributed by atoms with van der Waals surface area (Å²) in [7, 11) is -8.35. The summed E-state index contributed by atoms with van der Waals surface area (Å²) >= 11 is 0. The average Bonchev–Trinajstić information content (AvgIpc) is 3.40. The number of piperidine rings is 1. The molecule has 2 aliphatic rings. The number of hydrogen-bond acceptors (Lipinski definition) is 7. The van der Waals surface area contributed by atoms with Gasteiger partial charge < -0.3 is 25.8 Å². The standard InChI is InChI=1S/C35H45N5O8S2/c1-21-22(2)31(23(3)28-20-35(4,5)48-30(21)28)50(46,47)39-34(36)37-16-8-11-29(32(41)40-17-14-25(15-18-40)33(42)43)38-49(44,45)27-13-12-24-9-6-7-10-26(24)19-27/h6-7,9-10,12-13,19,25,29,38H,8,11,14-18,20H2,1-5H3,(H,42,43)(H3,36,37,39). The molecule has 13 nitrogen and oxygen atoms in total. The van der Waals surface area contributed by atoms with Gasteiger partial charge in [-0.1, -0.05) is 30.3 Å². The van der Waals surface area contributed by atoms with Crippen molar-refractivity contribution in [3.63, 3.8) is 0 Å². The number of rotatable bonds is 11. The minimum atomic E-state index is -4.21. The number of amides is 1. The quantitative estimate of drug-likeness (QED) is 0.129. The van der Waals surface area contributed by atoms with E-state index in [2.05, 4.69) is 14.4 Å². The van der Waals surface area contributed by atoms with Gasteiger partial charge in [-0.3, -0.25) is 9.59 Å². The van der Waals surface area contributed by atoms with Crippen molar-refractivity contribution in [3.05, 3.63) is 64.7 Å². The number of likely N-dealkylation sites (tertiary alicyclic amines) is 1. The van der Waals surface area contributed by atoms with Crippen LogP contribution >= 0.6 is 0 Å². The smallest absolute Gasteiger partial charge is 0.306 e. The van der Waals surface area contributed by atoms with Gasteiger partial charge in [0, 0.05) is 31.6 Å². The first kappa shape index (κ1) is 37.1. The largest absolute Gasteiger partial charge is 0.487 e. The normalized spacial score (nSPS) is 17.3. The SMILES string of the molecule is Cc1c(C)c(S(=O)(=O)/N=C(/N)NCCCC(NS(=O)(=O)c2ccc3ccccc3c2)C(=O)N2CCC(C(=O)O)CC2)c(C)c2c1OC(C)(C)C2. The van der Waals surface area contributed by atoms with Gasteiger partial charge in [0.05, 0.1) is 15.7 Å². The zero-order valence-electron chi connectivity index (χ0n) is 28.9. The monoisotopic (exact) mass is 727 g/mol. The number of nitrogens with one attached hydrogen (secondary N) is 2. The van der Waals surface area contributed by atoms with E-state index < -0.39 is 49.5 Å². The Morgan fingerprint density at radius 1 is 1.02 bits per heavy atom. The molecular formula is C35H45N5O8S2. The third-order valence-corrected chi connectivity index (χ3v) is 12.6. The molecule has 15 heteroatoms. The van der Waals surface area contributed by atoms with Crippen LogP contribution in [0.5, 0.6) is 5.75 Å². The molecule has 50 heavy (non-hydrogen) atoms. The fourth-order valence-electron chi connectivity index (χ4n) is 6.75. The van der Waals surface area contributed by atoms with Crippen LogP contribution in [0.1, 0.15) is 61.8 Å². The molecule has 1 saturated heterocycles. The van der Waals surface area contributed by atoms with Crippen molar-refractivity contribution >= 4 is 48.7 Å². The predicted octanol–water partition coefficient (Wildman–Crippen LogP) is 3.52. The maximum Gasteiger partial charge on any atom is 0.306 e. The van der Waals surface area contributed by atoms with Crippen LogP contribution in [0.3, 0.4) is 0 Å². The summed E-state index contributed by atoms with van der Waals surface area (Å²) in [6.45, 7) is 9.63. The van der Waals surface area contributed by atoms with E-state index in [1.54, 1.807) is 32.0 Å². The first-order valence-corrected chi connectivity index (χ1v) is 19.5. The molecule has 0 saturated carbocycles. The van der Waals surface area contributed by atoms with Gasteiger partial charge in [-0.05, 0) is 99.9 Å². The van der Waals surface area contributed by atoms with Crippen molar-refractivity contribution in [2.45, 2.75) is 88.2 Å². The summed E-state index contributed by atoms with van der Waals surface area (Å²) in [5, 5.41) is 13.8. The molecule has 0 aromatic heterocycles. The molecule has 0 bridgehead atoms. The zero-order chi connectivity index (χ0) is 36.6. The van der Waals surface area contributed by atoms with Crippen LogP contribution in [0, 0.1) is 26.7 Å². The minimum absolute atomic E-state index is 0.000740. The molecule has 0 radical (unpaired) electrons. The Balaban J connectivity index is 1.30. The van der Waals surface area contributed by atoms with E-state index in [1.807, 2.05) is 32.9 Å². The number of hydrogen-bond donors (Lipinski definition) is 4. The number of carbonyl (C=O) groups excluding carboxylic acids is 1. The fraction of sp³-hybridized carbons (Fsp3) is 0.457. The number of fused-ring (bicyclic) bond motifs is 2. The number of nitrogens with two attached hydrogens (primary N) is 1. The summed E-state index contributed by atoms with van der Waals surface area (Å²) in [5.41, 5.74) is 8.23. The lowest BCUT2D eigenvalue weighted by molar-refractivity contribution is -0.146. The van der Waals surface area contributed by atoms with Crippen molar-refractivity contribution in [2.75, 3.05) is 19.6 Å². The van der Waals surface area contributed by atoms with Crippen LogP contribution < -0.4 is 20.5 Å². The van der Waals surface area contributed by atoms with E-state index >= 15 is 0 Å². The summed E-state index contributed by atoms with van der Waals surface area (Å²) in [4.78, 5) is 26.7. The van der Waals surface area contributed by atoms with Gasteiger partial charge in [0.25, 0.3) is 10.0 Å². The van der Waals surface area contributed by atoms with Gasteiger partial charge >= 0.3 is 5.97 Å². The summed E-state index contributed by atoms with van der Waals surface area (Å²) in [6, 6.07) is 10.9. The second-order valence-corrected chi connectivity index (χ2v) is 16.9. The van der Waals surface area contributed by atoms with Gasteiger partial charge in [-0.15, -0.1) is 4.40 Å². The molecule has 2 heterocycles. The molecule has 1 amide bonds. The Hall–Kier alpha value is -4.21. The lowest BCUT2D eigenvalue weighted by Crippen LogP contribution is -2.51. The summed E-state index contributed by atoms with van der Waals surface area (Å²) in [5.74, 6) is -1.59. The molecule has 2 aliphatic heterocycles. The highest BCUT2D eigenvalue weighted by atomic mass is 32.2. The highest BCUT2D eigenvalue weighted by Gasteiger charge is 2.37.